The van der Waals surface area contributed by atoms with Crippen LogP contribution in [0.25, 0.3) is 11.0 Å². The smallest absolute Gasteiger partial charge is 0.163 e. The van der Waals surface area contributed by atoms with Gasteiger partial charge in [0.15, 0.2) is 11.5 Å². The third-order valence-electron chi connectivity index (χ3n) is 4.84. The van der Waals surface area contributed by atoms with Crippen LogP contribution < -0.4 is 9.47 Å². The lowest BCUT2D eigenvalue weighted by Gasteiger charge is -2.37. The highest BCUT2D eigenvalue weighted by molar-refractivity contribution is 5.80. The minimum atomic E-state index is 0.306. The molecule has 1 atom stereocenters. The van der Waals surface area contributed by atoms with Gasteiger partial charge in [0.05, 0.1) is 25.3 Å². The van der Waals surface area contributed by atoms with Crippen molar-refractivity contribution in [1.82, 2.24) is 9.97 Å². The van der Waals surface area contributed by atoms with E-state index in [9.17, 15) is 0 Å². The van der Waals surface area contributed by atoms with Crippen molar-refractivity contribution in [2.45, 2.75) is 45.4 Å². The second-order valence-corrected chi connectivity index (χ2v) is 6.63. The van der Waals surface area contributed by atoms with Gasteiger partial charge in [-0.1, -0.05) is 26.7 Å². The molecule has 1 fully saturated rings. The molecule has 0 amide bonds. The summed E-state index contributed by atoms with van der Waals surface area (Å²) in [4.78, 5) is 8.33. The standard InChI is InChI=1S/C17H24N2O2/c1-17(2)8-6-5-7-11(17)16-18-12-9-14(20-3)15(21-4)10-13(12)19-16/h9-11H,5-8H2,1-4H3,(H,18,19). The highest BCUT2D eigenvalue weighted by Crippen LogP contribution is 2.46. The summed E-state index contributed by atoms with van der Waals surface area (Å²) in [5.41, 5.74) is 2.27. The highest BCUT2D eigenvalue weighted by atomic mass is 16.5. The van der Waals surface area contributed by atoms with E-state index in [0.29, 0.717) is 11.3 Å². The Morgan fingerprint density at radius 2 is 1.86 bits per heavy atom. The molecule has 114 valence electrons. The largest absolute Gasteiger partial charge is 0.493 e. The zero-order valence-electron chi connectivity index (χ0n) is 13.3. The topological polar surface area (TPSA) is 47.1 Å². The summed E-state index contributed by atoms with van der Waals surface area (Å²) in [6.07, 6.45) is 5.09. The fraction of sp³-hybridized carbons (Fsp3) is 0.588. The Labute approximate surface area is 125 Å². The lowest BCUT2D eigenvalue weighted by atomic mass is 9.68. The fourth-order valence-electron chi connectivity index (χ4n) is 3.52. The predicted molar refractivity (Wildman–Crippen MR) is 84.2 cm³/mol. The number of benzene rings is 1. The quantitative estimate of drug-likeness (QED) is 0.917. The van der Waals surface area contributed by atoms with Crippen LogP contribution in [0.2, 0.25) is 0 Å². The van der Waals surface area contributed by atoms with E-state index < -0.39 is 0 Å². The van der Waals surface area contributed by atoms with Gasteiger partial charge in [-0.05, 0) is 18.3 Å². The van der Waals surface area contributed by atoms with E-state index in [1.807, 2.05) is 12.1 Å². The van der Waals surface area contributed by atoms with Crippen LogP contribution in [0.4, 0.5) is 0 Å². The maximum absolute atomic E-state index is 5.37. The number of aromatic amines is 1. The molecule has 0 aliphatic heterocycles. The van der Waals surface area contributed by atoms with Crippen LogP contribution in [0, 0.1) is 5.41 Å². The van der Waals surface area contributed by atoms with Crippen LogP contribution >= 0.6 is 0 Å². The van der Waals surface area contributed by atoms with E-state index in [2.05, 4.69) is 18.8 Å². The second-order valence-electron chi connectivity index (χ2n) is 6.63. The Morgan fingerprint density at radius 1 is 1.14 bits per heavy atom. The molecule has 1 aliphatic carbocycles. The average molecular weight is 288 g/mol. The van der Waals surface area contributed by atoms with Crippen LogP contribution in [0.5, 0.6) is 11.5 Å². The molecule has 1 saturated carbocycles. The number of imidazole rings is 1. The molecule has 1 unspecified atom stereocenters. The molecule has 2 aromatic rings. The van der Waals surface area contributed by atoms with Gasteiger partial charge < -0.3 is 14.5 Å². The summed E-state index contributed by atoms with van der Waals surface area (Å²) in [6.45, 7) is 4.70. The van der Waals surface area contributed by atoms with Crippen LogP contribution in [-0.2, 0) is 0 Å². The molecule has 0 radical (unpaired) electrons. The first-order valence-electron chi connectivity index (χ1n) is 7.67. The summed E-state index contributed by atoms with van der Waals surface area (Å²) in [5, 5.41) is 0. The summed E-state index contributed by atoms with van der Waals surface area (Å²) >= 11 is 0. The minimum absolute atomic E-state index is 0.306. The molecule has 21 heavy (non-hydrogen) atoms. The predicted octanol–water partition coefficient (Wildman–Crippen LogP) is 4.26. The van der Waals surface area contributed by atoms with Crippen molar-refractivity contribution in [1.29, 1.82) is 0 Å². The van der Waals surface area contributed by atoms with Gasteiger partial charge in [0.25, 0.3) is 0 Å². The number of hydrogen-bond acceptors (Lipinski definition) is 3. The zero-order valence-corrected chi connectivity index (χ0v) is 13.3. The molecule has 4 nitrogen and oxygen atoms in total. The summed E-state index contributed by atoms with van der Waals surface area (Å²) in [5.74, 6) is 3.06. The van der Waals surface area contributed by atoms with E-state index in [4.69, 9.17) is 14.5 Å². The summed E-state index contributed by atoms with van der Waals surface area (Å²) in [7, 11) is 3.31. The van der Waals surface area contributed by atoms with Gasteiger partial charge in [0.1, 0.15) is 5.82 Å². The van der Waals surface area contributed by atoms with Crippen molar-refractivity contribution in [3.8, 4) is 11.5 Å². The monoisotopic (exact) mass is 288 g/mol. The molecule has 1 aliphatic rings. The Balaban J connectivity index is 2.04. The van der Waals surface area contributed by atoms with Crippen molar-refractivity contribution >= 4 is 11.0 Å². The fourth-order valence-corrected chi connectivity index (χ4v) is 3.52. The zero-order chi connectivity index (χ0) is 15.0. The van der Waals surface area contributed by atoms with E-state index in [0.717, 1.165) is 28.4 Å². The van der Waals surface area contributed by atoms with Crippen LogP contribution in [-0.4, -0.2) is 24.2 Å². The van der Waals surface area contributed by atoms with Crippen molar-refractivity contribution in [3.63, 3.8) is 0 Å². The van der Waals surface area contributed by atoms with Crippen molar-refractivity contribution < 1.29 is 9.47 Å². The number of methoxy groups -OCH3 is 2. The molecular formula is C17H24N2O2. The molecule has 3 rings (SSSR count). The van der Waals surface area contributed by atoms with Gasteiger partial charge in [-0.25, -0.2) is 4.98 Å². The first kappa shape index (κ1) is 14.2. The number of ether oxygens (including phenoxy) is 2. The molecule has 4 heteroatoms. The number of rotatable bonds is 3. The number of nitrogens with one attached hydrogen (secondary N) is 1. The SMILES string of the molecule is COc1cc2nc(C3CCCCC3(C)C)[nH]c2cc1OC. The maximum atomic E-state index is 5.37. The lowest BCUT2D eigenvalue weighted by molar-refractivity contribution is 0.193. The lowest BCUT2D eigenvalue weighted by Crippen LogP contribution is -2.26. The minimum Gasteiger partial charge on any atom is -0.493 e. The second kappa shape index (κ2) is 5.24. The van der Waals surface area contributed by atoms with Crippen LogP contribution in [0.3, 0.4) is 0 Å². The third kappa shape index (κ3) is 2.47. The molecule has 1 N–H and O–H groups in total. The van der Waals surface area contributed by atoms with Gasteiger partial charge in [-0.3, -0.25) is 0 Å². The number of H-pyrrole nitrogens is 1. The van der Waals surface area contributed by atoms with Crippen LogP contribution in [0.15, 0.2) is 12.1 Å². The molecule has 0 bridgehead atoms. The van der Waals surface area contributed by atoms with Crippen molar-refractivity contribution in [3.05, 3.63) is 18.0 Å². The van der Waals surface area contributed by atoms with Gasteiger partial charge in [-0.2, -0.15) is 0 Å². The van der Waals surface area contributed by atoms with E-state index >= 15 is 0 Å². The molecule has 1 heterocycles. The number of nitrogens with zero attached hydrogens (tertiary/aromatic N) is 1. The normalized spacial score (nSPS) is 21.4. The van der Waals surface area contributed by atoms with Gasteiger partial charge in [0.2, 0.25) is 0 Å². The average Bonchev–Trinajstić information content (AvgIpc) is 2.87. The van der Waals surface area contributed by atoms with E-state index in [1.165, 1.54) is 25.7 Å². The van der Waals surface area contributed by atoms with Gasteiger partial charge in [0, 0.05) is 18.1 Å². The first-order valence-corrected chi connectivity index (χ1v) is 7.67. The van der Waals surface area contributed by atoms with Gasteiger partial charge >= 0.3 is 0 Å². The van der Waals surface area contributed by atoms with E-state index in [1.54, 1.807) is 14.2 Å². The van der Waals surface area contributed by atoms with Crippen LogP contribution in [0.1, 0.15) is 51.3 Å². The molecule has 1 aromatic heterocycles. The summed E-state index contributed by atoms with van der Waals surface area (Å²) < 4.78 is 10.7. The molecule has 0 spiro atoms. The third-order valence-corrected chi connectivity index (χ3v) is 4.84. The Bertz CT molecular complexity index is 605. The molecular weight excluding hydrogens is 264 g/mol. The van der Waals surface area contributed by atoms with Crippen molar-refractivity contribution in [2.24, 2.45) is 5.41 Å². The number of aromatic nitrogens is 2. The van der Waals surface area contributed by atoms with E-state index in [-0.39, 0.29) is 0 Å². The number of hydrogen-bond donors (Lipinski definition) is 1. The van der Waals surface area contributed by atoms with Gasteiger partial charge in [-0.15, -0.1) is 0 Å². The Kier molecular flexibility index (Phi) is 3.56. The highest BCUT2D eigenvalue weighted by Gasteiger charge is 2.35. The maximum Gasteiger partial charge on any atom is 0.163 e. The number of fused-ring (bicyclic) bond motifs is 1. The molecule has 1 aromatic carbocycles. The summed E-state index contributed by atoms with van der Waals surface area (Å²) in [6, 6.07) is 3.92. The Hall–Kier alpha value is -1.71. The first-order chi connectivity index (χ1) is 10.0. The molecule has 0 saturated heterocycles. The van der Waals surface area contributed by atoms with Crippen molar-refractivity contribution in [2.75, 3.05) is 14.2 Å². The Morgan fingerprint density at radius 3 is 2.52 bits per heavy atom.